The Balaban J connectivity index is 1.83. The number of ether oxygens (including phenoxy) is 1. The lowest BCUT2D eigenvalue weighted by atomic mass is 9.93. The van der Waals surface area contributed by atoms with Crippen LogP contribution < -0.4 is 10.6 Å². The Morgan fingerprint density at radius 2 is 1.65 bits per heavy atom. The molecule has 0 spiro atoms. The molecule has 0 saturated carbocycles. The van der Waals surface area contributed by atoms with Gasteiger partial charge in [0.25, 0.3) is 0 Å². The van der Waals surface area contributed by atoms with E-state index in [0.29, 0.717) is 28.3 Å². The van der Waals surface area contributed by atoms with Crippen LogP contribution in [-0.4, -0.2) is 36.0 Å². The number of rotatable bonds is 4. The second kappa shape index (κ2) is 10.5. The number of hydrogen-bond donors (Lipinski definition) is 2. The third kappa shape index (κ3) is 6.16. The molecule has 0 saturated heterocycles. The normalized spacial score (nSPS) is 22.3. The number of nitrogens with zero attached hydrogens (tertiary/aromatic N) is 1. The van der Waals surface area contributed by atoms with Gasteiger partial charge in [-0.05, 0) is 60.2 Å². The second-order valence-electron chi connectivity index (χ2n) is 8.38. The van der Waals surface area contributed by atoms with Crippen molar-refractivity contribution in [2.24, 2.45) is 0 Å². The number of alkyl halides is 6. The summed E-state index contributed by atoms with van der Waals surface area (Å²) in [6, 6.07) is 5.03. The molecular weight excluding hydrogens is 527 g/mol. The highest BCUT2D eigenvalue weighted by atomic mass is 32.2. The van der Waals surface area contributed by atoms with Crippen molar-refractivity contribution in [3.8, 4) is 0 Å². The summed E-state index contributed by atoms with van der Waals surface area (Å²) in [5.74, 6) is -0.322. The van der Waals surface area contributed by atoms with Crippen LogP contribution in [0.15, 0.2) is 60.0 Å². The van der Waals surface area contributed by atoms with Gasteiger partial charge in [-0.25, -0.2) is 4.39 Å². The number of thioether (sulfide) groups is 1. The molecule has 0 amide bonds. The van der Waals surface area contributed by atoms with Gasteiger partial charge in [0.05, 0.1) is 17.8 Å². The van der Waals surface area contributed by atoms with Crippen LogP contribution in [-0.2, 0) is 23.5 Å². The molecule has 5 nitrogen and oxygen atoms in total. The first kappa shape index (κ1) is 27.1. The third-order valence-corrected chi connectivity index (χ3v) is 6.58. The minimum Gasteiger partial charge on any atom is -0.758 e. The summed E-state index contributed by atoms with van der Waals surface area (Å²) in [7, 11) is 0. The Bertz CT molecular complexity index is 1160. The van der Waals surface area contributed by atoms with Crippen LogP contribution >= 0.6 is 11.8 Å². The summed E-state index contributed by atoms with van der Waals surface area (Å²) in [6.45, 7) is 0.385. The molecular formula is C24H21F7N3O2S-. The van der Waals surface area contributed by atoms with Crippen molar-refractivity contribution in [2.75, 3.05) is 19.5 Å². The molecule has 2 aromatic carbocycles. The van der Waals surface area contributed by atoms with Crippen molar-refractivity contribution >= 4 is 17.5 Å². The van der Waals surface area contributed by atoms with E-state index in [2.05, 4.69) is 10.6 Å². The van der Waals surface area contributed by atoms with E-state index in [1.807, 2.05) is 0 Å². The summed E-state index contributed by atoms with van der Waals surface area (Å²) in [5, 5.41) is 20.3. The van der Waals surface area contributed by atoms with E-state index in [0.717, 1.165) is 12.1 Å². The van der Waals surface area contributed by atoms with Gasteiger partial charge in [-0.2, -0.15) is 26.3 Å². The number of nitrogens with one attached hydrogen (secondary N) is 2. The lowest BCUT2D eigenvalue weighted by molar-refractivity contribution is -0.143. The molecule has 0 bridgehead atoms. The van der Waals surface area contributed by atoms with E-state index in [4.69, 9.17) is 4.74 Å². The van der Waals surface area contributed by atoms with Crippen LogP contribution in [0.1, 0.15) is 22.3 Å². The SMILES string of the molecule is CSC1/C=C(/c2ccc(F)cc2)N([O-])C(Cc2cc(C(F)(F)F)cc(C(F)(F)F)c2)C2=C(NCNC2)O1. The Morgan fingerprint density at radius 1 is 1.03 bits per heavy atom. The molecule has 2 unspecified atom stereocenters. The second-order valence-corrected chi connectivity index (χ2v) is 9.31. The molecule has 2 heterocycles. The largest absolute Gasteiger partial charge is 0.758 e. The summed E-state index contributed by atoms with van der Waals surface area (Å²) >= 11 is 1.26. The van der Waals surface area contributed by atoms with Gasteiger partial charge in [0, 0.05) is 23.9 Å². The first-order valence-electron chi connectivity index (χ1n) is 11.0. The monoisotopic (exact) mass is 548 g/mol. The molecule has 2 aromatic rings. The number of hydrogen-bond acceptors (Lipinski definition) is 6. The first-order chi connectivity index (χ1) is 17.4. The standard InChI is InChI=1S/C24H21F7N3O2S/c1-37-21-10-19(14-2-4-17(25)5-3-14)34(35)20(18-11-32-12-33-22(18)36-21)8-13-6-15(23(26,27)28)9-16(7-13)24(29,30)31/h2-7,9-10,20-21,32-33H,8,11-12H2,1H3/q-1/b19-10-. The molecule has 37 heavy (non-hydrogen) atoms. The zero-order chi connectivity index (χ0) is 27.0. The van der Waals surface area contributed by atoms with Crippen molar-refractivity contribution in [1.29, 1.82) is 0 Å². The Kier molecular flexibility index (Phi) is 7.67. The predicted molar refractivity (Wildman–Crippen MR) is 125 cm³/mol. The molecule has 0 radical (unpaired) electrons. The quantitative estimate of drug-likeness (QED) is 0.479. The lowest BCUT2D eigenvalue weighted by Gasteiger charge is -2.45. The third-order valence-electron chi connectivity index (χ3n) is 5.88. The van der Waals surface area contributed by atoms with Crippen molar-refractivity contribution in [2.45, 2.75) is 30.3 Å². The van der Waals surface area contributed by atoms with Crippen molar-refractivity contribution in [1.82, 2.24) is 15.7 Å². The van der Waals surface area contributed by atoms with E-state index in [9.17, 15) is 35.9 Å². The maximum atomic E-state index is 13.8. The van der Waals surface area contributed by atoms with Gasteiger partial charge in [-0.15, -0.1) is 11.8 Å². The topological polar surface area (TPSA) is 59.6 Å². The van der Waals surface area contributed by atoms with E-state index in [1.165, 1.54) is 30.0 Å². The van der Waals surface area contributed by atoms with Crippen LogP contribution in [0.2, 0.25) is 0 Å². The molecule has 2 aliphatic heterocycles. The van der Waals surface area contributed by atoms with Crippen molar-refractivity contribution in [3.63, 3.8) is 0 Å². The zero-order valence-electron chi connectivity index (χ0n) is 19.2. The van der Waals surface area contributed by atoms with Gasteiger partial charge in [0.15, 0.2) is 11.3 Å². The minimum atomic E-state index is -5.03. The zero-order valence-corrected chi connectivity index (χ0v) is 20.0. The molecule has 0 fully saturated rings. The van der Waals surface area contributed by atoms with Crippen molar-refractivity contribution < 1.29 is 35.5 Å². The maximum absolute atomic E-state index is 13.8. The maximum Gasteiger partial charge on any atom is 0.416 e. The highest BCUT2D eigenvalue weighted by molar-refractivity contribution is 7.99. The smallest absolute Gasteiger partial charge is 0.416 e. The average molecular weight is 549 g/mol. The number of benzene rings is 2. The molecule has 0 aromatic heterocycles. The highest BCUT2D eigenvalue weighted by Gasteiger charge is 2.38. The van der Waals surface area contributed by atoms with Gasteiger partial charge in [-0.3, -0.25) is 5.32 Å². The molecule has 2 aliphatic rings. The van der Waals surface area contributed by atoms with Gasteiger partial charge in [0.1, 0.15) is 5.82 Å². The first-order valence-corrected chi connectivity index (χ1v) is 12.2. The van der Waals surface area contributed by atoms with Gasteiger partial charge in [-0.1, -0.05) is 12.1 Å². The summed E-state index contributed by atoms with van der Waals surface area (Å²) in [5.41, 5.74) is -3.23. The molecule has 4 rings (SSSR count). The van der Waals surface area contributed by atoms with Crippen molar-refractivity contribution in [3.05, 3.63) is 93.3 Å². The minimum absolute atomic E-state index is 0.0427. The fourth-order valence-electron chi connectivity index (χ4n) is 4.11. The Hall–Kier alpha value is -2.90. The number of hydroxylamine groups is 2. The number of halogens is 7. The predicted octanol–water partition coefficient (Wildman–Crippen LogP) is 5.70. The average Bonchev–Trinajstić information content (AvgIpc) is 2.84. The van der Waals surface area contributed by atoms with Crippen LogP contribution in [0.25, 0.3) is 5.70 Å². The molecule has 2 N–H and O–H groups in total. The summed E-state index contributed by atoms with van der Waals surface area (Å²) < 4.78 is 100. The van der Waals surface area contributed by atoms with Gasteiger partial charge >= 0.3 is 12.4 Å². The molecule has 2 atom stereocenters. The lowest BCUT2D eigenvalue weighted by Crippen LogP contribution is -2.46. The summed E-state index contributed by atoms with van der Waals surface area (Å²) in [4.78, 5) is 0. The van der Waals surface area contributed by atoms with Gasteiger partial charge in [0.2, 0.25) is 0 Å². The fraction of sp³-hybridized carbons (Fsp3) is 0.333. The van der Waals surface area contributed by atoms with Crippen LogP contribution in [0.4, 0.5) is 30.7 Å². The Labute approximate surface area is 211 Å². The fourth-order valence-corrected chi connectivity index (χ4v) is 4.57. The van der Waals surface area contributed by atoms with E-state index >= 15 is 0 Å². The van der Waals surface area contributed by atoms with E-state index in [-0.39, 0.29) is 36.4 Å². The van der Waals surface area contributed by atoms with E-state index < -0.39 is 47.2 Å². The van der Waals surface area contributed by atoms with Crippen LogP contribution in [0, 0.1) is 11.0 Å². The molecule has 200 valence electrons. The highest BCUT2D eigenvalue weighted by Crippen LogP contribution is 2.38. The Morgan fingerprint density at radius 3 is 2.22 bits per heavy atom. The van der Waals surface area contributed by atoms with E-state index in [1.54, 1.807) is 6.26 Å². The van der Waals surface area contributed by atoms with Crippen LogP contribution in [0.3, 0.4) is 0 Å². The molecule has 13 heteroatoms. The van der Waals surface area contributed by atoms with Crippen LogP contribution in [0.5, 0.6) is 0 Å². The molecule has 0 aliphatic carbocycles. The summed E-state index contributed by atoms with van der Waals surface area (Å²) in [6.07, 6.45) is -7.32. The van der Waals surface area contributed by atoms with Gasteiger partial charge < -0.3 is 20.3 Å².